The number of rotatable bonds is 6. The predicted molar refractivity (Wildman–Crippen MR) is 137 cm³/mol. The molecule has 4 aromatic rings. The number of carbonyl (C=O) groups is 1. The Morgan fingerprint density at radius 2 is 1.47 bits per heavy atom. The summed E-state index contributed by atoms with van der Waals surface area (Å²) in [6, 6.07) is 35.1. The maximum Gasteiger partial charge on any atom is 0.282 e. The molecule has 1 aliphatic rings. The van der Waals surface area contributed by atoms with E-state index in [9.17, 15) is 4.79 Å². The molecule has 1 aliphatic heterocycles. The van der Waals surface area contributed by atoms with Crippen molar-refractivity contribution in [2.75, 3.05) is 4.90 Å². The van der Waals surface area contributed by atoms with Crippen LogP contribution >= 0.6 is 0 Å². The van der Waals surface area contributed by atoms with Crippen molar-refractivity contribution in [3.8, 4) is 11.5 Å². The molecular weight excluding hydrogens is 420 g/mol. The molecule has 34 heavy (non-hydrogen) atoms. The maximum absolute atomic E-state index is 13.5. The lowest BCUT2D eigenvalue weighted by Gasteiger charge is -2.19. The zero-order chi connectivity index (χ0) is 23.3. The average molecular weight is 445 g/mol. The average Bonchev–Trinajstić information content (AvgIpc) is 3.21. The summed E-state index contributed by atoms with van der Waals surface area (Å²) in [7, 11) is 0. The van der Waals surface area contributed by atoms with E-state index in [1.54, 1.807) is 4.90 Å². The van der Waals surface area contributed by atoms with E-state index in [4.69, 9.17) is 9.73 Å². The zero-order valence-corrected chi connectivity index (χ0v) is 18.9. The first-order chi connectivity index (χ1) is 16.7. The molecule has 0 atom stereocenters. The molecule has 4 nitrogen and oxygen atoms in total. The highest BCUT2D eigenvalue weighted by Crippen LogP contribution is 2.29. The summed E-state index contributed by atoms with van der Waals surface area (Å²) in [6.07, 6.45) is 2.75. The van der Waals surface area contributed by atoms with Crippen LogP contribution in [0.15, 0.2) is 120 Å². The van der Waals surface area contributed by atoms with E-state index in [2.05, 4.69) is 19.1 Å². The summed E-state index contributed by atoms with van der Waals surface area (Å²) in [5.74, 6) is 1.93. The van der Waals surface area contributed by atoms with Gasteiger partial charge in [0.05, 0.1) is 5.69 Å². The van der Waals surface area contributed by atoms with E-state index in [1.165, 1.54) is 5.56 Å². The smallest absolute Gasteiger partial charge is 0.282 e. The largest absolute Gasteiger partial charge is 0.457 e. The van der Waals surface area contributed by atoms with Crippen LogP contribution in [0.4, 0.5) is 5.69 Å². The number of anilines is 1. The van der Waals surface area contributed by atoms with Gasteiger partial charge in [-0.05, 0) is 60.0 Å². The van der Waals surface area contributed by atoms with Crippen molar-refractivity contribution in [2.24, 2.45) is 4.99 Å². The van der Waals surface area contributed by atoms with Gasteiger partial charge in [-0.1, -0.05) is 79.7 Å². The van der Waals surface area contributed by atoms with Crippen LogP contribution < -0.4 is 9.64 Å². The number of aryl methyl sites for hydroxylation is 1. The number of amides is 1. The van der Waals surface area contributed by atoms with Crippen molar-refractivity contribution >= 4 is 23.5 Å². The number of benzene rings is 4. The summed E-state index contributed by atoms with van der Waals surface area (Å²) in [5, 5.41) is 0. The number of hydrogen-bond acceptors (Lipinski definition) is 3. The molecule has 0 saturated heterocycles. The lowest BCUT2D eigenvalue weighted by atomic mass is 10.1. The highest BCUT2D eigenvalue weighted by Gasteiger charge is 2.32. The number of carbonyl (C=O) groups excluding carboxylic acids is 1. The monoisotopic (exact) mass is 444 g/mol. The molecule has 4 aromatic carbocycles. The van der Waals surface area contributed by atoms with Crippen LogP contribution in [0.3, 0.4) is 0 Å². The Morgan fingerprint density at radius 1 is 0.794 bits per heavy atom. The summed E-state index contributed by atoms with van der Waals surface area (Å²) in [4.78, 5) is 20.0. The van der Waals surface area contributed by atoms with Gasteiger partial charge in [-0.25, -0.2) is 4.99 Å². The van der Waals surface area contributed by atoms with Crippen molar-refractivity contribution in [3.63, 3.8) is 0 Å². The van der Waals surface area contributed by atoms with Gasteiger partial charge in [-0.2, -0.15) is 0 Å². The molecule has 166 valence electrons. The minimum absolute atomic E-state index is 0.155. The van der Waals surface area contributed by atoms with Gasteiger partial charge in [0.2, 0.25) is 0 Å². The molecule has 0 unspecified atom stereocenters. The molecule has 0 N–H and O–H groups in total. The summed E-state index contributed by atoms with van der Waals surface area (Å²) >= 11 is 0. The molecule has 0 aliphatic carbocycles. The van der Waals surface area contributed by atoms with Gasteiger partial charge in [0.15, 0.2) is 0 Å². The first-order valence-electron chi connectivity index (χ1n) is 11.3. The lowest BCUT2D eigenvalue weighted by molar-refractivity contribution is -0.113. The Kier molecular flexibility index (Phi) is 6.04. The van der Waals surface area contributed by atoms with Crippen molar-refractivity contribution in [1.29, 1.82) is 0 Å². The number of para-hydroxylation sites is 1. The molecule has 0 fully saturated rings. The van der Waals surface area contributed by atoms with Crippen molar-refractivity contribution in [3.05, 3.63) is 132 Å². The van der Waals surface area contributed by atoms with Crippen LogP contribution in [-0.4, -0.2) is 11.7 Å². The molecule has 4 heteroatoms. The highest BCUT2D eigenvalue weighted by molar-refractivity contribution is 6.33. The van der Waals surface area contributed by atoms with E-state index in [0.29, 0.717) is 17.3 Å². The SMILES string of the molecule is CCc1ccc(N2C(=O)/C(=C\c3cccc(Oc4ccccc4)c3)N=C2c2ccccc2)cc1. The van der Waals surface area contributed by atoms with Crippen molar-refractivity contribution in [2.45, 2.75) is 13.3 Å². The molecule has 0 saturated carbocycles. The Labute approximate surface area is 199 Å². The normalized spacial score (nSPS) is 14.4. The lowest BCUT2D eigenvalue weighted by Crippen LogP contribution is -2.32. The fraction of sp³-hybridized carbons (Fsp3) is 0.0667. The second-order valence-corrected chi connectivity index (χ2v) is 7.98. The Hall–Kier alpha value is -4.44. The van der Waals surface area contributed by atoms with E-state index in [-0.39, 0.29) is 5.91 Å². The second-order valence-electron chi connectivity index (χ2n) is 7.98. The van der Waals surface area contributed by atoms with Gasteiger partial charge < -0.3 is 4.74 Å². The Bertz CT molecular complexity index is 1360. The van der Waals surface area contributed by atoms with Gasteiger partial charge in [-0.3, -0.25) is 9.69 Å². The molecule has 1 amide bonds. The molecule has 0 radical (unpaired) electrons. The minimum atomic E-state index is -0.155. The predicted octanol–water partition coefficient (Wildman–Crippen LogP) is 6.88. The topological polar surface area (TPSA) is 41.9 Å². The van der Waals surface area contributed by atoms with Crippen molar-refractivity contribution < 1.29 is 9.53 Å². The highest BCUT2D eigenvalue weighted by atomic mass is 16.5. The fourth-order valence-electron chi connectivity index (χ4n) is 3.87. The van der Waals surface area contributed by atoms with Gasteiger partial charge >= 0.3 is 0 Å². The first kappa shape index (κ1) is 21.4. The van der Waals surface area contributed by atoms with Crippen molar-refractivity contribution in [1.82, 2.24) is 0 Å². The second kappa shape index (κ2) is 9.59. The van der Waals surface area contributed by atoms with Crippen LogP contribution in [0.25, 0.3) is 6.08 Å². The fourth-order valence-corrected chi connectivity index (χ4v) is 3.87. The zero-order valence-electron chi connectivity index (χ0n) is 18.9. The molecule has 1 heterocycles. The van der Waals surface area contributed by atoms with Crippen LogP contribution in [0.1, 0.15) is 23.6 Å². The van der Waals surface area contributed by atoms with Crippen LogP contribution in [0.5, 0.6) is 11.5 Å². The third-order valence-corrected chi connectivity index (χ3v) is 5.64. The standard InChI is InChI=1S/C30H24N2O2/c1-2-22-16-18-25(19-17-22)32-29(24-11-5-3-6-12-24)31-28(30(32)33)21-23-10-9-15-27(20-23)34-26-13-7-4-8-14-26/h3-21H,2H2,1H3/b28-21+. The van der Waals surface area contributed by atoms with Crippen LogP contribution in [-0.2, 0) is 11.2 Å². The number of hydrogen-bond donors (Lipinski definition) is 0. The van der Waals surface area contributed by atoms with E-state index in [0.717, 1.165) is 29.0 Å². The van der Waals surface area contributed by atoms with E-state index >= 15 is 0 Å². The van der Waals surface area contributed by atoms with Gasteiger partial charge in [0.1, 0.15) is 23.0 Å². The quantitative estimate of drug-likeness (QED) is 0.304. The molecule has 0 aromatic heterocycles. The van der Waals surface area contributed by atoms with Crippen LogP contribution in [0, 0.1) is 0 Å². The number of nitrogens with zero attached hydrogens (tertiary/aromatic N) is 2. The third kappa shape index (κ3) is 4.52. The number of amidine groups is 1. The summed E-state index contributed by atoms with van der Waals surface area (Å²) in [6.45, 7) is 2.11. The summed E-state index contributed by atoms with van der Waals surface area (Å²) in [5.41, 5.74) is 4.14. The number of ether oxygens (including phenoxy) is 1. The van der Waals surface area contributed by atoms with E-state index in [1.807, 2.05) is 103 Å². The third-order valence-electron chi connectivity index (χ3n) is 5.64. The molecule has 0 bridgehead atoms. The molecule has 0 spiro atoms. The summed E-state index contributed by atoms with van der Waals surface area (Å²) < 4.78 is 5.95. The Balaban J connectivity index is 1.51. The first-order valence-corrected chi connectivity index (χ1v) is 11.3. The van der Waals surface area contributed by atoms with Gasteiger partial charge in [0, 0.05) is 5.56 Å². The minimum Gasteiger partial charge on any atom is -0.457 e. The maximum atomic E-state index is 13.5. The number of aliphatic imine (C=N–C) groups is 1. The Morgan fingerprint density at radius 3 is 2.18 bits per heavy atom. The van der Waals surface area contributed by atoms with E-state index < -0.39 is 0 Å². The molecule has 5 rings (SSSR count). The van der Waals surface area contributed by atoms with Gasteiger partial charge in [0.25, 0.3) is 5.91 Å². The van der Waals surface area contributed by atoms with Gasteiger partial charge in [-0.15, -0.1) is 0 Å². The van der Waals surface area contributed by atoms with Crippen LogP contribution in [0.2, 0.25) is 0 Å². The molecular formula is C30H24N2O2.